The van der Waals surface area contributed by atoms with Crippen LogP contribution >= 0.6 is 23.2 Å². The highest BCUT2D eigenvalue weighted by Gasteiger charge is 2.51. The zero-order valence-corrected chi connectivity index (χ0v) is 13.7. The number of carbonyl (C=O) groups excluding carboxylic acids is 1. The maximum absolute atomic E-state index is 13.1. The van der Waals surface area contributed by atoms with Gasteiger partial charge in [-0.25, -0.2) is 8.78 Å². The fraction of sp³-hybridized carbons (Fsp3) is 0.438. The Kier molecular flexibility index (Phi) is 5.13. The molecule has 1 saturated carbocycles. The third-order valence-corrected chi connectivity index (χ3v) is 4.51. The largest absolute Gasteiger partial charge is 0.461 e. The van der Waals surface area contributed by atoms with Gasteiger partial charge in [-0.1, -0.05) is 43.1 Å². The molecule has 0 aromatic heterocycles. The Morgan fingerprint density at radius 2 is 1.91 bits per heavy atom. The molecule has 6 heteroatoms. The summed E-state index contributed by atoms with van der Waals surface area (Å²) in [5.74, 6) is -1.97. The minimum Gasteiger partial charge on any atom is -0.461 e. The molecule has 0 amide bonds. The highest BCUT2D eigenvalue weighted by molar-refractivity contribution is 6.55. The number of hydrogen-bond acceptors (Lipinski definition) is 2. The van der Waals surface area contributed by atoms with Crippen molar-refractivity contribution in [3.63, 3.8) is 0 Å². The number of rotatable bonds is 4. The molecule has 1 aliphatic rings. The van der Waals surface area contributed by atoms with Gasteiger partial charge in [0.25, 0.3) is 0 Å². The Morgan fingerprint density at radius 3 is 2.41 bits per heavy atom. The molecule has 1 aliphatic carbocycles. The Morgan fingerprint density at radius 1 is 1.32 bits per heavy atom. The molecule has 0 radical (unpaired) electrons. The molecule has 1 aromatic rings. The number of ether oxygens (including phenoxy) is 1. The zero-order chi connectivity index (χ0) is 16.5. The highest BCUT2D eigenvalue weighted by atomic mass is 35.5. The van der Waals surface area contributed by atoms with Crippen molar-refractivity contribution in [2.24, 2.45) is 17.3 Å². The second-order valence-corrected chi connectivity index (χ2v) is 7.07. The predicted molar refractivity (Wildman–Crippen MR) is 81.3 cm³/mol. The van der Waals surface area contributed by atoms with Gasteiger partial charge in [-0.3, -0.25) is 4.79 Å². The number of carbonyl (C=O) groups is 1. The lowest BCUT2D eigenvalue weighted by molar-refractivity contribution is -0.164. The van der Waals surface area contributed by atoms with E-state index in [1.165, 1.54) is 0 Å². The van der Waals surface area contributed by atoms with Gasteiger partial charge in [0.15, 0.2) is 0 Å². The van der Waals surface area contributed by atoms with Gasteiger partial charge in [0.05, 0.1) is 5.92 Å². The molecule has 1 fully saturated rings. The topological polar surface area (TPSA) is 26.3 Å². The number of esters is 1. The average molecular weight is 349 g/mol. The summed E-state index contributed by atoms with van der Waals surface area (Å²) in [6, 6.07) is 3.05. The Labute approximate surface area is 138 Å². The summed E-state index contributed by atoms with van der Waals surface area (Å²) in [6.07, 6.45) is 2.31. The van der Waals surface area contributed by atoms with Crippen molar-refractivity contribution in [3.05, 3.63) is 46.0 Å². The quantitative estimate of drug-likeness (QED) is 0.716. The van der Waals surface area contributed by atoms with E-state index >= 15 is 0 Å². The Hall–Kier alpha value is -1.13. The van der Waals surface area contributed by atoms with Crippen LogP contribution in [0.5, 0.6) is 0 Å². The molecule has 22 heavy (non-hydrogen) atoms. The van der Waals surface area contributed by atoms with Crippen molar-refractivity contribution in [2.45, 2.75) is 26.9 Å². The van der Waals surface area contributed by atoms with Crippen LogP contribution in [0.4, 0.5) is 8.78 Å². The first-order chi connectivity index (χ1) is 10.2. The molecule has 0 N–H and O–H groups in total. The van der Waals surface area contributed by atoms with E-state index in [2.05, 4.69) is 0 Å². The van der Waals surface area contributed by atoms with Gasteiger partial charge in [-0.15, -0.1) is 0 Å². The number of halogens is 4. The van der Waals surface area contributed by atoms with Crippen molar-refractivity contribution in [2.75, 3.05) is 0 Å². The fourth-order valence-corrected chi connectivity index (χ4v) is 3.05. The summed E-state index contributed by atoms with van der Waals surface area (Å²) in [4.78, 5) is 12.1. The summed E-state index contributed by atoms with van der Waals surface area (Å²) in [5, 5.41) is 0. The average Bonchev–Trinajstić information content (AvgIpc) is 2.39. The van der Waals surface area contributed by atoms with Crippen LogP contribution < -0.4 is 0 Å². The van der Waals surface area contributed by atoms with E-state index in [-0.39, 0.29) is 39.9 Å². The van der Waals surface area contributed by atoms with Crippen LogP contribution in [0.25, 0.3) is 0 Å². The summed E-state index contributed by atoms with van der Waals surface area (Å²) in [5.41, 5.74) is -0.0394. The molecule has 2 nitrogen and oxygen atoms in total. The van der Waals surface area contributed by atoms with Gasteiger partial charge in [-0.2, -0.15) is 0 Å². The van der Waals surface area contributed by atoms with E-state index in [1.54, 1.807) is 6.08 Å². The molecule has 0 heterocycles. The van der Waals surface area contributed by atoms with Crippen molar-refractivity contribution in [1.29, 1.82) is 0 Å². The van der Waals surface area contributed by atoms with Crippen LogP contribution in [0, 0.1) is 28.9 Å². The van der Waals surface area contributed by atoms with Gasteiger partial charge in [0, 0.05) is 6.07 Å². The lowest BCUT2D eigenvalue weighted by Crippen LogP contribution is -2.48. The number of benzene rings is 1. The maximum Gasteiger partial charge on any atom is 0.309 e. The molecule has 0 aliphatic heterocycles. The third-order valence-electron chi connectivity index (χ3n) is 4.26. The van der Waals surface area contributed by atoms with E-state index < -0.39 is 11.6 Å². The molecule has 0 bridgehead atoms. The number of allylic oxidation sites excluding steroid dienone is 1. The molecule has 2 atom stereocenters. The zero-order valence-electron chi connectivity index (χ0n) is 12.2. The molecular formula is C16H16Cl2F2O2. The molecule has 0 saturated heterocycles. The molecular weight excluding hydrogens is 333 g/mol. The second kappa shape index (κ2) is 6.55. The van der Waals surface area contributed by atoms with Crippen LogP contribution in [-0.2, 0) is 16.1 Å². The maximum atomic E-state index is 13.1. The lowest BCUT2D eigenvalue weighted by atomic mass is 9.55. The molecule has 120 valence electrons. The van der Waals surface area contributed by atoms with Gasteiger partial charge >= 0.3 is 5.97 Å². The Bertz CT molecular complexity index is 590. The second-order valence-electron chi connectivity index (χ2n) is 6.06. The van der Waals surface area contributed by atoms with E-state index in [4.69, 9.17) is 27.9 Å². The first-order valence-corrected chi connectivity index (χ1v) is 7.60. The normalized spacial score (nSPS) is 22.6. The molecule has 2 unspecified atom stereocenters. The van der Waals surface area contributed by atoms with Crippen molar-refractivity contribution < 1.29 is 18.3 Å². The van der Waals surface area contributed by atoms with Gasteiger partial charge in [0.2, 0.25) is 0 Å². The predicted octanol–water partition coefficient (Wildman–Crippen LogP) is 4.99. The molecule has 1 aromatic carbocycles. The summed E-state index contributed by atoms with van der Waals surface area (Å²) in [7, 11) is 0. The van der Waals surface area contributed by atoms with Crippen LogP contribution in [-0.4, -0.2) is 5.97 Å². The van der Waals surface area contributed by atoms with Crippen LogP contribution in [0.1, 0.15) is 25.8 Å². The number of hydrogen-bond donors (Lipinski definition) is 0. The molecule has 2 rings (SSSR count). The smallest absolute Gasteiger partial charge is 0.309 e. The summed E-state index contributed by atoms with van der Waals surface area (Å²) in [6.45, 7) is 3.71. The van der Waals surface area contributed by atoms with Crippen LogP contribution in [0.15, 0.2) is 28.8 Å². The Balaban J connectivity index is 1.95. The minimum atomic E-state index is -0.697. The van der Waals surface area contributed by atoms with Crippen molar-refractivity contribution in [1.82, 2.24) is 0 Å². The van der Waals surface area contributed by atoms with E-state index in [9.17, 15) is 13.6 Å². The van der Waals surface area contributed by atoms with E-state index in [0.717, 1.165) is 18.2 Å². The van der Waals surface area contributed by atoms with Crippen molar-refractivity contribution in [3.8, 4) is 0 Å². The summed E-state index contributed by atoms with van der Waals surface area (Å²) >= 11 is 11.3. The van der Waals surface area contributed by atoms with Crippen LogP contribution in [0.2, 0.25) is 0 Å². The van der Waals surface area contributed by atoms with E-state index in [0.29, 0.717) is 6.42 Å². The molecule has 0 spiro atoms. The van der Waals surface area contributed by atoms with Gasteiger partial charge in [0.1, 0.15) is 22.7 Å². The SMILES string of the molecule is CC1(C)C(C=C(Cl)Cl)CC1C(=O)OCc1cc(F)cc(F)c1. The summed E-state index contributed by atoms with van der Waals surface area (Å²) < 4.78 is 31.5. The highest BCUT2D eigenvalue weighted by Crippen LogP contribution is 2.53. The van der Waals surface area contributed by atoms with Crippen LogP contribution in [0.3, 0.4) is 0 Å². The third kappa shape index (κ3) is 3.79. The van der Waals surface area contributed by atoms with E-state index in [1.807, 2.05) is 13.8 Å². The van der Waals surface area contributed by atoms with Gasteiger partial charge < -0.3 is 4.74 Å². The lowest BCUT2D eigenvalue weighted by Gasteiger charge is -2.49. The standard InChI is InChI=1S/C16H16Cl2F2O2/c1-16(2)10(6-14(17)18)5-13(16)15(21)22-8-9-3-11(19)7-12(20)4-9/h3-4,6-7,10,13H,5,8H2,1-2H3. The minimum absolute atomic E-state index is 0.0988. The van der Waals surface area contributed by atoms with Crippen molar-refractivity contribution >= 4 is 29.2 Å². The van der Waals surface area contributed by atoms with Gasteiger partial charge in [-0.05, 0) is 35.4 Å². The first kappa shape index (κ1) is 17.2. The monoisotopic (exact) mass is 348 g/mol. The fourth-order valence-electron chi connectivity index (χ4n) is 2.74. The first-order valence-electron chi connectivity index (χ1n) is 6.84.